The summed E-state index contributed by atoms with van der Waals surface area (Å²) in [6, 6.07) is 0.344. The third-order valence-corrected chi connectivity index (χ3v) is 7.54. The Morgan fingerprint density at radius 3 is 2.36 bits per heavy atom. The van der Waals surface area contributed by atoms with E-state index in [2.05, 4.69) is 31.0 Å². The van der Waals surface area contributed by atoms with Crippen molar-refractivity contribution in [3.8, 4) is 0 Å². The van der Waals surface area contributed by atoms with Gasteiger partial charge in [0.15, 0.2) is 0 Å². The second-order valence-corrected chi connectivity index (χ2v) is 10.5. The van der Waals surface area contributed by atoms with Gasteiger partial charge in [-0.3, -0.25) is 9.69 Å². The highest BCUT2D eigenvalue weighted by Crippen LogP contribution is 2.63. The van der Waals surface area contributed by atoms with Crippen LogP contribution >= 0.6 is 11.6 Å². The first-order chi connectivity index (χ1) is 11.8. The van der Waals surface area contributed by atoms with Crippen LogP contribution in [0.15, 0.2) is 0 Å². The standard InChI is InChI=1S/C20H33ClN2O2/c1-13(23-10-14(2)25-15(3)11-23)9-22-18(24)19-5-16-4-17(6-19)8-20(21,7-16)12-19/h13-17H,4-12H2,1-3H3,(H,22,24). The molecule has 5 fully saturated rings. The normalized spacial score (nSPS) is 47.7. The Hall–Kier alpha value is -0.320. The van der Waals surface area contributed by atoms with Crippen LogP contribution < -0.4 is 5.32 Å². The van der Waals surface area contributed by atoms with Crippen molar-refractivity contribution in [2.45, 2.75) is 82.4 Å². The molecule has 1 heterocycles. The SMILES string of the molecule is CC1CN(C(C)CNC(=O)C23CC4CC(CC(Cl)(C4)C2)C3)CC(C)O1. The largest absolute Gasteiger partial charge is 0.373 e. The summed E-state index contributed by atoms with van der Waals surface area (Å²) < 4.78 is 5.82. The van der Waals surface area contributed by atoms with E-state index >= 15 is 0 Å². The molecule has 4 bridgehead atoms. The van der Waals surface area contributed by atoms with Gasteiger partial charge in [0.2, 0.25) is 5.91 Å². The van der Waals surface area contributed by atoms with Gasteiger partial charge in [-0.05, 0) is 71.1 Å². The van der Waals surface area contributed by atoms with E-state index in [1.807, 2.05) is 0 Å². The highest BCUT2D eigenvalue weighted by molar-refractivity contribution is 6.24. The highest BCUT2D eigenvalue weighted by atomic mass is 35.5. The summed E-state index contributed by atoms with van der Waals surface area (Å²) >= 11 is 6.88. The second-order valence-electron chi connectivity index (χ2n) is 9.66. The quantitative estimate of drug-likeness (QED) is 0.775. The molecule has 0 spiro atoms. The molecule has 0 aromatic heterocycles. The number of hydrogen-bond acceptors (Lipinski definition) is 3. The van der Waals surface area contributed by atoms with Crippen LogP contribution in [-0.4, -0.2) is 53.6 Å². The Morgan fingerprint density at radius 1 is 1.20 bits per heavy atom. The summed E-state index contributed by atoms with van der Waals surface area (Å²) in [5.74, 6) is 1.61. The fourth-order valence-corrected chi connectivity index (χ4v) is 7.24. The summed E-state index contributed by atoms with van der Waals surface area (Å²) in [6.45, 7) is 9.09. The summed E-state index contributed by atoms with van der Waals surface area (Å²) in [5.41, 5.74) is -0.183. The van der Waals surface area contributed by atoms with E-state index in [-0.39, 0.29) is 28.4 Å². The van der Waals surface area contributed by atoms with Crippen molar-refractivity contribution in [2.24, 2.45) is 17.3 Å². The van der Waals surface area contributed by atoms with E-state index in [1.54, 1.807) is 0 Å². The summed E-state index contributed by atoms with van der Waals surface area (Å²) in [4.78, 5) is 15.5. The van der Waals surface area contributed by atoms with E-state index < -0.39 is 0 Å². The van der Waals surface area contributed by atoms with Gasteiger partial charge in [0.05, 0.1) is 17.6 Å². The lowest BCUT2D eigenvalue weighted by Gasteiger charge is -2.59. The smallest absolute Gasteiger partial charge is 0.226 e. The van der Waals surface area contributed by atoms with Gasteiger partial charge in [-0.2, -0.15) is 0 Å². The molecule has 0 radical (unpaired) electrons. The van der Waals surface area contributed by atoms with Gasteiger partial charge in [0, 0.05) is 30.6 Å². The maximum atomic E-state index is 13.1. The van der Waals surface area contributed by atoms with Crippen molar-refractivity contribution < 1.29 is 9.53 Å². The summed E-state index contributed by atoms with van der Waals surface area (Å²) in [5, 5.41) is 3.30. The zero-order chi connectivity index (χ0) is 17.8. The molecule has 4 aliphatic carbocycles. The van der Waals surface area contributed by atoms with E-state index in [0.29, 0.717) is 17.9 Å². The van der Waals surface area contributed by atoms with Gasteiger partial charge in [0.25, 0.3) is 0 Å². The lowest BCUT2D eigenvalue weighted by atomic mass is 9.49. The van der Waals surface area contributed by atoms with Crippen molar-refractivity contribution in [1.29, 1.82) is 0 Å². The number of halogens is 1. The molecule has 1 saturated heterocycles. The first kappa shape index (κ1) is 18.1. The number of nitrogens with one attached hydrogen (secondary N) is 1. The molecule has 0 aromatic carbocycles. The summed E-state index contributed by atoms with van der Waals surface area (Å²) in [6.07, 6.45) is 7.08. The Labute approximate surface area is 157 Å². The maximum absolute atomic E-state index is 13.1. The number of alkyl halides is 1. The average Bonchev–Trinajstić information content (AvgIpc) is 2.48. The molecule has 4 saturated carbocycles. The minimum atomic E-state index is -0.183. The van der Waals surface area contributed by atoms with Crippen LogP contribution in [-0.2, 0) is 9.53 Å². The number of nitrogens with zero attached hydrogens (tertiary/aromatic N) is 1. The highest BCUT2D eigenvalue weighted by Gasteiger charge is 2.60. The van der Waals surface area contributed by atoms with Gasteiger partial charge in [-0.25, -0.2) is 0 Å². The first-order valence-corrected chi connectivity index (χ1v) is 10.5. The molecule has 1 aliphatic heterocycles. The third-order valence-electron chi connectivity index (χ3n) is 7.10. The molecular formula is C20H33ClN2O2. The Morgan fingerprint density at radius 2 is 1.80 bits per heavy atom. The van der Waals surface area contributed by atoms with E-state index in [4.69, 9.17) is 16.3 Å². The molecule has 5 heteroatoms. The van der Waals surface area contributed by atoms with Gasteiger partial charge >= 0.3 is 0 Å². The van der Waals surface area contributed by atoms with Crippen molar-refractivity contribution in [3.63, 3.8) is 0 Å². The van der Waals surface area contributed by atoms with Crippen LogP contribution in [0.5, 0.6) is 0 Å². The van der Waals surface area contributed by atoms with Gasteiger partial charge in [-0.15, -0.1) is 11.6 Å². The van der Waals surface area contributed by atoms with Crippen LogP contribution in [0.1, 0.15) is 59.3 Å². The lowest BCUT2D eigenvalue weighted by molar-refractivity contribution is -0.145. The Kier molecular flexibility index (Phi) is 4.61. The maximum Gasteiger partial charge on any atom is 0.226 e. The fraction of sp³-hybridized carbons (Fsp3) is 0.950. The molecule has 5 atom stereocenters. The zero-order valence-electron chi connectivity index (χ0n) is 15.9. The van der Waals surface area contributed by atoms with Crippen LogP contribution in [0.2, 0.25) is 0 Å². The molecule has 142 valence electrons. The topological polar surface area (TPSA) is 41.6 Å². The van der Waals surface area contributed by atoms with Crippen LogP contribution in [0.25, 0.3) is 0 Å². The third kappa shape index (κ3) is 3.46. The number of hydrogen-bond donors (Lipinski definition) is 1. The number of ether oxygens (including phenoxy) is 1. The number of amides is 1. The van der Waals surface area contributed by atoms with Crippen LogP contribution in [0.3, 0.4) is 0 Å². The first-order valence-electron chi connectivity index (χ1n) is 10.1. The predicted octanol–water partition coefficient (Wildman–Crippen LogP) is 3.18. The molecule has 5 aliphatic rings. The average molecular weight is 369 g/mol. The van der Waals surface area contributed by atoms with E-state index in [0.717, 1.165) is 51.7 Å². The molecule has 0 aromatic rings. The van der Waals surface area contributed by atoms with Gasteiger partial charge < -0.3 is 10.1 Å². The second kappa shape index (κ2) is 6.38. The Bertz CT molecular complexity index is 516. The van der Waals surface area contributed by atoms with Crippen molar-refractivity contribution in [3.05, 3.63) is 0 Å². The number of carbonyl (C=O) groups is 1. The van der Waals surface area contributed by atoms with Crippen LogP contribution in [0.4, 0.5) is 0 Å². The van der Waals surface area contributed by atoms with E-state index in [9.17, 15) is 4.79 Å². The summed E-state index contributed by atoms with van der Waals surface area (Å²) in [7, 11) is 0. The monoisotopic (exact) mass is 368 g/mol. The van der Waals surface area contributed by atoms with Crippen molar-refractivity contribution in [1.82, 2.24) is 10.2 Å². The van der Waals surface area contributed by atoms with Crippen LogP contribution in [0, 0.1) is 17.3 Å². The van der Waals surface area contributed by atoms with Gasteiger partial charge in [-0.1, -0.05) is 0 Å². The Balaban J connectivity index is 1.36. The minimum absolute atomic E-state index is 0.0951. The van der Waals surface area contributed by atoms with Crippen molar-refractivity contribution >= 4 is 17.5 Å². The van der Waals surface area contributed by atoms with Crippen molar-refractivity contribution in [2.75, 3.05) is 19.6 Å². The fourth-order valence-electron chi connectivity index (χ4n) is 6.55. The molecule has 5 rings (SSSR count). The lowest BCUT2D eigenvalue weighted by Crippen LogP contribution is -2.59. The predicted molar refractivity (Wildman–Crippen MR) is 99.8 cm³/mol. The minimum Gasteiger partial charge on any atom is -0.373 e. The van der Waals surface area contributed by atoms with Gasteiger partial charge in [0.1, 0.15) is 0 Å². The zero-order valence-corrected chi connectivity index (χ0v) is 16.6. The molecule has 25 heavy (non-hydrogen) atoms. The molecule has 4 nitrogen and oxygen atoms in total. The van der Waals surface area contributed by atoms with E-state index in [1.165, 1.54) is 6.42 Å². The molecule has 1 N–H and O–H groups in total. The molecular weight excluding hydrogens is 336 g/mol. The number of carbonyl (C=O) groups excluding carboxylic acids is 1. The number of rotatable bonds is 4. The molecule has 5 unspecified atom stereocenters. The number of morpholine rings is 1. The molecule has 1 amide bonds.